The molecule has 0 radical (unpaired) electrons. The van der Waals surface area contributed by atoms with Crippen LogP contribution in [-0.2, 0) is 6.42 Å². The van der Waals surface area contributed by atoms with Crippen LogP contribution in [0.3, 0.4) is 0 Å². The standard InChI is InChI=1S/C13H25N3/c1-5-7-14-10-11(3)12(4)16-9-8-15-13(16)6-2/h8-9,11-12,14H,5-7,10H2,1-4H3. The van der Waals surface area contributed by atoms with Crippen LogP contribution in [0.1, 0.15) is 46.0 Å². The molecule has 3 heteroatoms. The van der Waals surface area contributed by atoms with E-state index in [2.05, 4.69) is 48.8 Å². The maximum absolute atomic E-state index is 4.38. The van der Waals surface area contributed by atoms with E-state index in [0.717, 1.165) is 19.5 Å². The number of rotatable bonds is 7. The van der Waals surface area contributed by atoms with Gasteiger partial charge in [-0.2, -0.15) is 0 Å². The molecule has 92 valence electrons. The van der Waals surface area contributed by atoms with E-state index >= 15 is 0 Å². The zero-order valence-corrected chi connectivity index (χ0v) is 11.0. The second-order valence-electron chi connectivity index (χ2n) is 4.53. The van der Waals surface area contributed by atoms with Gasteiger partial charge in [0.1, 0.15) is 5.82 Å². The number of hydrogen-bond acceptors (Lipinski definition) is 2. The molecule has 0 spiro atoms. The summed E-state index contributed by atoms with van der Waals surface area (Å²) in [5.74, 6) is 1.82. The summed E-state index contributed by atoms with van der Waals surface area (Å²) in [4.78, 5) is 4.38. The lowest BCUT2D eigenvalue weighted by Gasteiger charge is -2.23. The summed E-state index contributed by atoms with van der Waals surface area (Å²) < 4.78 is 2.30. The van der Waals surface area contributed by atoms with Gasteiger partial charge in [-0.15, -0.1) is 0 Å². The van der Waals surface area contributed by atoms with E-state index in [-0.39, 0.29) is 0 Å². The van der Waals surface area contributed by atoms with E-state index in [1.807, 2.05) is 6.20 Å². The molecule has 3 nitrogen and oxygen atoms in total. The number of nitrogens with one attached hydrogen (secondary N) is 1. The Morgan fingerprint density at radius 1 is 1.38 bits per heavy atom. The zero-order chi connectivity index (χ0) is 12.0. The largest absolute Gasteiger partial charge is 0.332 e. The predicted octanol–water partition coefficient (Wildman–Crippen LogP) is 2.64. The van der Waals surface area contributed by atoms with Gasteiger partial charge in [-0.25, -0.2) is 4.98 Å². The molecular weight excluding hydrogens is 198 g/mol. The molecule has 0 saturated carbocycles. The quantitative estimate of drug-likeness (QED) is 0.720. The fourth-order valence-electron chi connectivity index (χ4n) is 1.94. The van der Waals surface area contributed by atoms with E-state index in [4.69, 9.17) is 0 Å². The maximum Gasteiger partial charge on any atom is 0.108 e. The molecule has 2 atom stereocenters. The van der Waals surface area contributed by atoms with Crippen molar-refractivity contribution in [3.05, 3.63) is 18.2 Å². The van der Waals surface area contributed by atoms with E-state index in [1.165, 1.54) is 12.2 Å². The van der Waals surface area contributed by atoms with Crippen molar-refractivity contribution in [3.63, 3.8) is 0 Å². The monoisotopic (exact) mass is 223 g/mol. The van der Waals surface area contributed by atoms with Gasteiger partial charge in [0.2, 0.25) is 0 Å². The lowest BCUT2D eigenvalue weighted by Crippen LogP contribution is -2.27. The Labute approximate surface area is 99.3 Å². The van der Waals surface area contributed by atoms with Crippen LogP contribution in [0.5, 0.6) is 0 Å². The molecule has 1 rings (SSSR count). The van der Waals surface area contributed by atoms with Crippen LogP contribution < -0.4 is 5.32 Å². The Balaban J connectivity index is 2.52. The van der Waals surface area contributed by atoms with Gasteiger partial charge in [-0.1, -0.05) is 20.8 Å². The van der Waals surface area contributed by atoms with Crippen molar-refractivity contribution >= 4 is 0 Å². The summed E-state index contributed by atoms with van der Waals surface area (Å²) in [6.07, 6.45) is 6.21. The fraction of sp³-hybridized carbons (Fsp3) is 0.769. The van der Waals surface area contributed by atoms with Gasteiger partial charge in [0, 0.05) is 24.9 Å². The average molecular weight is 223 g/mol. The molecule has 0 aromatic carbocycles. The SMILES string of the molecule is CCCNCC(C)C(C)n1ccnc1CC. The summed E-state index contributed by atoms with van der Waals surface area (Å²) in [5.41, 5.74) is 0. The second kappa shape index (κ2) is 6.69. The molecule has 0 fully saturated rings. The van der Waals surface area contributed by atoms with E-state index in [9.17, 15) is 0 Å². The molecule has 1 aromatic rings. The lowest BCUT2D eigenvalue weighted by atomic mass is 10.0. The van der Waals surface area contributed by atoms with Crippen molar-refractivity contribution in [2.45, 2.75) is 46.6 Å². The molecule has 16 heavy (non-hydrogen) atoms. The van der Waals surface area contributed by atoms with Crippen LogP contribution in [0.4, 0.5) is 0 Å². The molecule has 0 saturated heterocycles. The molecule has 1 heterocycles. The van der Waals surface area contributed by atoms with Crippen LogP contribution in [0.15, 0.2) is 12.4 Å². The predicted molar refractivity (Wildman–Crippen MR) is 68.6 cm³/mol. The zero-order valence-electron chi connectivity index (χ0n) is 11.0. The molecule has 0 aliphatic carbocycles. The van der Waals surface area contributed by atoms with Gasteiger partial charge in [-0.05, 0) is 32.4 Å². The fourth-order valence-corrected chi connectivity index (χ4v) is 1.94. The van der Waals surface area contributed by atoms with E-state index in [0.29, 0.717) is 12.0 Å². The first-order chi connectivity index (χ1) is 7.70. The van der Waals surface area contributed by atoms with Crippen molar-refractivity contribution in [1.82, 2.24) is 14.9 Å². The first kappa shape index (κ1) is 13.2. The van der Waals surface area contributed by atoms with Gasteiger partial charge in [0.15, 0.2) is 0 Å². The van der Waals surface area contributed by atoms with Gasteiger partial charge in [0.05, 0.1) is 0 Å². The van der Waals surface area contributed by atoms with Crippen LogP contribution in [0.25, 0.3) is 0 Å². The minimum absolute atomic E-state index is 0.516. The molecule has 0 bridgehead atoms. The Morgan fingerprint density at radius 3 is 2.75 bits per heavy atom. The second-order valence-corrected chi connectivity index (χ2v) is 4.53. The third-order valence-corrected chi connectivity index (χ3v) is 3.22. The highest BCUT2D eigenvalue weighted by atomic mass is 15.1. The summed E-state index contributed by atoms with van der Waals surface area (Å²) in [5, 5.41) is 3.48. The number of nitrogens with zero attached hydrogens (tertiary/aromatic N) is 2. The van der Waals surface area contributed by atoms with Crippen molar-refractivity contribution in [2.75, 3.05) is 13.1 Å². The number of imidazole rings is 1. The minimum Gasteiger partial charge on any atom is -0.332 e. The molecule has 0 aliphatic rings. The van der Waals surface area contributed by atoms with E-state index < -0.39 is 0 Å². The maximum atomic E-state index is 4.38. The van der Waals surface area contributed by atoms with Crippen molar-refractivity contribution in [3.8, 4) is 0 Å². The Morgan fingerprint density at radius 2 is 2.12 bits per heavy atom. The van der Waals surface area contributed by atoms with Gasteiger partial charge in [0.25, 0.3) is 0 Å². The first-order valence-corrected chi connectivity index (χ1v) is 6.43. The number of hydrogen-bond donors (Lipinski definition) is 1. The molecular formula is C13H25N3. The lowest BCUT2D eigenvalue weighted by molar-refractivity contribution is 0.354. The molecule has 1 N–H and O–H groups in total. The van der Waals surface area contributed by atoms with Gasteiger partial charge in [-0.3, -0.25) is 0 Å². The normalized spacial score (nSPS) is 15.0. The van der Waals surface area contributed by atoms with Crippen LogP contribution >= 0.6 is 0 Å². The van der Waals surface area contributed by atoms with E-state index in [1.54, 1.807) is 0 Å². The third-order valence-electron chi connectivity index (χ3n) is 3.22. The first-order valence-electron chi connectivity index (χ1n) is 6.43. The minimum atomic E-state index is 0.516. The highest BCUT2D eigenvalue weighted by Gasteiger charge is 2.15. The van der Waals surface area contributed by atoms with Crippen LogP contribution in [-0.4, -0.2) is 22.6 Å². The van der Waals surface area contributed by atoms with Crippen LogP contribution in [0.2, 0.25) is 0 Å². The highest BCUT2D eigenvalue weighted by Crippen LogP contribution is 2.18. The van der Waals surface area contributed by atoms with Crippen molar-refractivity contribution < 1.29 is 0 Å². The number of aromatic nitrogens is 2. The smallest absolute Gasteiger partial charge is 0.108 e. The van der Waals surface area contributed by atoms with Gasteiger partial charge >= 0.3 is 0 Å². The number of aryl methyl sites for hydroxylation is 1. The third kappa shape index (κ3) is 3.34. The summed E-state index contributed by atoms with van der Waals surface area (Å²) in [6.45, 7) is 11.1. The van der Waals surface area contributed by atoms with Crippen LogP contribution in [0, 0.1) is 5.92 Å². The highest BCUT2D eigenvalue weighted by molar-refractivity contribution is 4.95. The topological polar surface area (TPSA) is 29.9 Å². The average Bonchev–Trinajstić information content (AvgIpc) is 2.76. The Hall–Kier alpha value is -0.830. The summed E-state index contributed by atoms with van der Waals surface area (Å²) in [7, 11) is 0. The van der Waals surface area contributed by atoms with Crippen molar-refractivity contribution in [2.24, 2.45) is 5.92 Å². The molecule has 2 unspecified atom stereocenters. The molecule has 1 aromatic heterocycles. The summed E-state index contributed by atoms with van der Waals surface area (Å²) in [6, 6.07) is 0.516. The molecule has 0 amide bonds. The van der Waals surface area contributed by atoms with Gasteiger partial charge < -0.3 is 9.88 Å². The molecule has 0 aliphatic heterocycles. The van der Waals surface area contributed by atoms with Crippen molar-refractivity contribution in [1.29, 1.82) is 0 Å². The Kier molecular flexibility index (Phi) is 5.53. The summed E-state index contributed by atoms with van der Waals surface area (Å²) >= 11 is 0. The Bertz CT molecular complexity index is 293.